The first kappa shape index (κ1) is 31.0. The molecule has 0 aliphatic heterocycles. The fraction of sp³-hybridized carbons (Fsp3) is 0.355. The first-order chi connectivity index (χ1) is 19.6. The number of sulfonamides is 1. The van der Waals surface area contributed by atoms with Crippen LogP contribution in [0.25, 0.3) is 0 Å². The zero-order valence-corrected chi connectivity index (χ0v) is 26.0. The van der Waals surface area contributed by atoms with Crippen LogP contribution in [0.5, 0.6) is 0 Å². The van der Waals surface area contributed by atoms with Crippen molar-refractivity contribution in [2.24, 2.45) is 0 Å². The molecule has 2 amide bonds. The molecule has 1 aliphatic carbocycles. The van der Waals surface area contributed by atoms with E-state index in [0.29, 0.717) is 5.69 Å². The molecule has 1 N–H and O–H groups in total. The van der Waals surface area contributed by atoms with Crippen molar-refractivity contribution in [2.75, 3.05) is 17.1 Å². The van der Waals surface area contributed by atoms with Crippen LogP contribution in [0.2, 0.25) is 0 Å². The number of hydrogen-bond acceptors (Lipinski definition) is 4. The smallest absolute Gasteiger partial charge is 0.244 e. The summed E-state index contributed by atoms with van der Waals surface area (Å²) in [5.74, 6) is -1.43. The predicted octanol–water partition coefficient (Wildman–Crippen LogP) is 5.29. The van der Waals surface area contributed by atoms with Gasteiger partial charge in [-0.15, -0.1) is 0 Å². The first-order valence-electron chi connectivity index (χ1n) is 13.7. The van der Waals surface area contributed by atoms with Crippen LogP contribution in [0, 0.1) is 9.39 Å². The number of anilines is 1. The maximum Gasteiger partial charge on any atom is 0.244 e. The topological polar surface area (TPSA) is 86.8 Å². The molecule has 1 fully saturated rings. The Kier molecular flexibility index (Phi) is 10.8. The SMILES string of the molecule is CS(=O)(=O)N(CC(=O)N(Cc1ccccc1F)[C@@H](Cc1ccccc1)C(=O)NC1CCCCC1)c1ccc(I)cc1. The maximum atomic E-state index is 14.9. The second-order valence-electron chi connectivity index (χ2n) is 10.4. The lowest BCUT2D eigenvalue weighted by molar-refractivity contribution is -0.140. The fourth-order valence-corrected chi connectivity index (χ4v) is 6.34. The quantitative estimate of drug-likeness (QED) is 0.277. The Morgan fingerprint density at radius 2 is 1.59 bits per heavy atom. The van der Waals surface area contributed by atoms with E-state index < -0.39 is 34.3 Å². The summed E-state index contributed by atoms with van der Waals surface area (Å²) in [6.45, 7) is -0.721. The van der Waals surface area contributed by atoms with Gasteiger partial charge in [-0.3, -0.25) is 13.9 Å². The van der Waals surface area contributed by atoms with Gasteiger partial charge in [0.1, 0.15) is 18.4 Å². The summed E-state index contributed by atoms with van der Waals surface area (Å²) in [5.41, 5.74) is 1.41. The lowest BCUT2D eigenvalue weighted by atomic mass is 9.94. The van der Waals surface area contributed by atoms with E-state index in [0.717, 1.165) is 51.8 Å². The molecular formula is C31H35FIN3O4S. The minimum Gasteiger partial charge on any atom is -0.352 e. The van der Waals surface area contributed by atoms with Crippen molar-refractivity contribution in [1.29, 1.82) is 0 Å². The van der Waals surface area contributed by atoms with Crippen LogP contribution < -0.4 is 9.62 Å². The molecule has 1 aliphatic rings. The number of carbonyl (C=O) groups is 2. The predicted molar refractivity (Wildman–Crippen MR) is 167 cm³/mol. The number of rotatable bonds is 11. The van der Waals surface area contributed by atoms with Crippen molar-refractivity contribution in [3.05, 3.63) is 99.4 Å². The van der Waals surface area contributed by atoms with Gasteiger partial charge < -0.3 is 10.2 Å². The van der Waals surface area contributed by atoms with E-state index in [2.05, 4.69) is 27.9 Å². The van der Waals surface area contributed by atoms with Crippen molar-refractivity contribution < 1.29 is 22.4 Å². The Morgan fingerprint density at radius 3 is 2.22 bits per heavy atom. The lowest BCUT2D eigenvalue weighted by Gasteiger charge is -2.35. The number of nitrogens with zero attached hydrogens (tertiary/aromatic N) is 2. The van der Waals surface area contributed by atoms with Crippen molar-refractivity contribution >= 4 is 50.1 Å². The van der Waals surface area contributed by atoms with Crippen LogP contribution in [0.1, 0.15) is 43.2 Å². The van der Waals surface area contributed by atoms with Gasteiger partial charge in [0.05, 0.1) is 11.9 Å². The van der Waals surface area contributed by atoms with Gasteiger partial charge in [0.15, 0.2) is 0 Å². The van der Waals surface area contributed by atoms with Gasteiger partial charge in [-0.2, -0.15) is 0 Å². The third-order valence-electron chi connectivity index (χ3n) is 7.31. The van der Waals surface area contributed by atoms with Crippen molar-refractivity contribution in [1.82, 2.24) is 10.2 Å². The van der Waals surface area contributed by atoms with Crippen molar-refractivity contribution in [2.45, 2.75) is 57.2 Å². The monoisotopic (exact) mass is 691 g/mol. The molecule has 0 spiro atoms. The number of amides is 2. The van der Waals surface area contributed by atoms with Gasteiger partial charge >= 0.3 is 0 Å². The highest BCUT2D eigenvalue weighted by molar-refractivity contribution is 14.1. The fourth-order valence-electron chi connectivity index (χ4n) is 5.13. The van der Waals surface area contributed by atoms with E-state index in [9.17, 15) is 22.4 Å². The van der Waals surface area contributed by atoms with E-state index >= 15 is 0 Å². The molecule has 10 heteroatoms. The summed E-state index contributed by atoms with van der Waals surface area (Å²) >= 11 is 2.12. The second kappa shape index (κ2) is 14.3. The minimum atomic E-state index is -3.86. The normalized spacial score (nSPS) is 14.7. The minimum absolute atomic E-state index is 0.000698. The van der Waals surface area contributed by atoms with E-state index in [-0.39, 0.29) is 30.5 Å². The maximum absolute atomic E-state index is 14.9. The van der Waals surface area contributed by atoms with Gasteiger partial charge in [0, 0.05) is 28.1 Å². The highest BCUT2D eigenvalue weighted by Gasteiger charge is 2.34. The van der Waals surface area contributed by atoms with Crippen LogP contribution in [0.4, 0.5) is 10.1 Å². The summed E-state index contributed by atoms with van der Waals surface area (Å²) in [6, 6.07) is 21.2. The first-order valence-corrected chi connectivity index (χ1v) is 16.6. The number of carbonyl (C=O) groups excluding carboxylic acids is 2. The molecule has 4 rings (SSSR count). The molecule has 0 heterocycles. The third kappa shape index (κ3) is 8.75. The number of nitrogens with one attached hydrogen (secondary N) is 1. The largest absolute Gasteiger partial charge is 0.352 e. The van der Waals surface area contributed by atoms with E-state index in [4.69, 9.17) is 0 Å². The highest BCUT2D eigenvalue weighted by Crippen LogP contribution is 2.23. The van der Waals surface area contributed by atoms with Crippen molar-refractivity contribution in [3.8, 4) is 0 Å². The van der Waals surface area contributed by atoms with Gasteiger partial charge in [0.2, 0.25) is 21.8 Å². The van der Waals surface area contributed by atoms with Gasteiger partial charge in [0.25, 0.3) is 0 Å². The summed E-state index contributed by atoms with van der Waals surface area (Å²) in [7, 11) is -3.86. The molecule has 3 aromatic rings. The van der Waals surface area contributed by atoms with Crippen LogP contribution in [-0.4, -0.2) is 50.0 Å². The molecular weight excluding hydrogens is 656 g/mol. The Hall–Kier alpha value is -2.99. The van der Waals surface area contributed by atoms with E-state index in [1.54, 1.807) is 42.5 Å². The summed E-state index contributed by atoms with van der Waals surface area (Å²) in [6.07, 6.45) is 6.12. The zero-order chi connectivity index (χ0) is 29.4. The lowest BCUT2D eigenvalue weighted by Crippen LogP contribution is -2.55. The standard InChI is InChI=1S/C31H35FIN3O4S/c1-41(39,40)36(27-18-16-25(33)17-19-27)22-30(37)35(21-24-12-8-9-15-28(24)32)29(20-23-10-4-2-5-11-23)31(38)34-26-13-6-3-7-14-26/h2,4-5,8-12,15-19,26,29H,3,6-7,13-14,20-22H2,1H3,(H,34,38)/t29-/m0/s1. The van der Waals surface area contributed by atoms with Crippen LogP contribution >= 0.6 is 22.6 Å². The molecule has 0 aromatic heterocycles. The molecule has 0 bridgehead atoms. The Balaban J connectivity index is 1.72. The number of halogens is 2. The van der Waals surface area contributed by atoms with Gasteiger partial charge in [-0.1, -0.05) is 67.8 Å². The Bertz CT molecular complexity index is 1430. The molecule has 41 heavy (non-hydrogen) atoms. The van der Waals surface area contributed by atoms with Crippen LogP contribution in [0.15, 0.2) is 78.9 Å². The second-order valence-corrected chi connectivity index (χ2v) is 13.6. The Morgan fingerprint density at radius 1 is 0.951 bits per heavy atom. The summed E-state index contributed by atoms with van der Waals surface area (Å²) in [5, 5.41) is 3.14. The highest BCUT2D eigenvalue weighted by atomic mass is 127. The Labute approximate surface area is 255 Å². The van der Waals surface area contributed by atoms with Gasteiger partial charge in [-0.05, 0) is 71.3 Å². The molecule has 7 nitrogen and oxygen atoms in total. The molecule has 0 unspecified atom stereocenters. The zero-order valence-electron chi connectivity index (χ0n) is 23.0. The molecule has 1 saturated carbocycles. The number of hydrogen-bond donors (Lipinski definition) is 1. The summed E-state index contributed by atoms with van der Waals surface area (Å²) in [4.78, 5) is 29.3. The summed E-state index contributed by atoms with van der Waals surface area (Å²) < 4.78 is 42.5. The molecule has 0 radical (unpaired) electrons. The third-order valence-corrected chi connectivity index (χ3v) is 9.17. The number of benzene rings is 3. The molecule has 218 valence electrons. The van der Waals surface area contributed by atoms with E-state index in [1.165, 1.54) is 11.0 Å². The average Bonchev–Trinajstić information content (AvgIpc) is 2.95. The molecule has 1 atom stereocenters. The van der Waals surface area contributed by atoms with E-state index in [1.807, 2.05) is 30.3 Å². The van der Waals surface area contributed by atoms with Gasteiger partial charge in [-0.25, -0.2) is 12.8 Å². The van der Waals surface area contributed by atoms with Crippen molar-refractivity contribution in [3.63, 3.8) is 0 Å². The van der Waals surface area contributed by atoms with Crippen LogP contribution in [-0.2, 0) is 32.6 Å². The molecule has 0 saturated heterocycles. The van der Waals surface area contributed by atoms with Crippen LogP contribution in [0.3, 0.4) is 0 Å². The molecule has 3 aromatic carbocycles. The average molecular weight is 692 g/mol.